The Bertz CT molecular complexity index is 1490. The number of carbonyl (C=O) groups excluding carboxylic acids is 2. The normalized spacial score (nSPS) is 12.5. The number of anilines is 1. The molecule has 0 bridgehead atoms. The van der Waals surface area contributed by atoms with E-state index in [0.29, 0.717) is 25.8 Å². The summed E-state index contributed by atoms with van der Waals surface area (Å²) in [5.74, 6) is -0.973. The lowest BCUT2D eigenvalue weighted by Crippen LogP contribution is -2.54. The molecule has 0 aliphatic rings. The average Bonchev–Trinajstić information content (AvgIpc) is 2.85. The summed E-state index contributed by atoms with van der Waals surface area (Å²) in [6, 6.07) is 17.0. The Balaban J connectivity index is 2.06. The third-order valence-electron chi connectivity index (χ3n) is 6.01. The standard InChI is InChI=1S/C29H32BrCl2N3O4S/c1-19-9-13-25(14-10-19)40(38,39)35(24-8-6-7-22(30)15-24)18-27(36)34(20(2)28(37)33-29(3,4)5)17-21-11-12-23(31)16-26(21)32/h6-16,20H,17-18H2,1-5H3,(H,33,37)/t20-/m1/s1. The molecule has 214 valence electrons. The van der Waals surface area contributed by atoms with Gasteiger partial charge in [-0.25, -0.2) is 8.42 Å². The topological polar surface area (TPSA) is 86.8 Å². The van der Waals surface area contributed by atoms with Crippen molar-refractivity contribution >= 4 is 66.7 Å². The summed E-state index contributed by atoms with van der Waals surface area (Å²) in [5, 5.41) is 3.64. The van der Waals surface area contributed by atoms with Crippen LogP contribution in [0.25, 0.3) is 0 Å². The summed E-state index contributed by atoms with van der Waals surface area (Å²) in [7, 11) is -4.16. The van der Waals surface area contributed by atoms with Crippen LogP contribution < -0.4 is 9.62 Å². The monoisotopic (exact) mass is 667 g/mol. The van der Waals surface area contributed by atoms with E-state index in [1.165, 1.54) is 17.0 Å². The molecule has 0 aromatic heterocycles. The minimum Gasteiger partial charge on any atom is -0.350 e. The van der Waals surface area contributed by atoms with Crippen LogP contribution in [0.1, 0.15) is 38.8 Å². The second-order valence-electron chi connectivity index (χ2n) is 10.5. The molecule has 7 nitrogen and oxygen atoms in total. The highest BCUT2D eigenvalue weighted by Gasteiger charge is 2.33. The fourth-order valence-electron chi connectivity index (χ4n) is 3.89. The maximum atomic E-state index is 14.0. The lowest BCUT2D eigenvalue weighted by atomic mass is 10.1. The summed E-state index contributed by atoms with van der Waals surface area (Å²) in [5.41, 5.74) is 1.20. The second-order valence-corrected chi connectivity index (χ2v) is 14.1. The lowest BCUT2D eigenvalue weighted by molar-refractivity contribution is -0.140. The molecule has 1 N–H and O–H groups in total. The molecule has 2 amide bonds. The maximum absolute atomic E-state index is 14.0. The number of halogens is 3. The first-order chi connectivity index (χ1) is 18.6. The van der Waals surface area contributed by atoms with Crippen LogP contribution in [0, 0.1) is 6.92 Å². The highest BCUT2D eigenvalue weighted by Crippen LogP contribution is 2.28. The number of hydrogen-bond acceptors (Lipinski definition) is 4. The van der Waals surface area contributed by atoms with Gasteiger partial charge >= 0.3 is 0 Å². The molecule has 0 radical (unpaired) electrons. The van der Waals surface area contributed by atoms with Crippen molar-refractivity contribution in [2.75, 3.05) is 10.8 Å². The van der Waals surface area contributed by atoms with Gasteiger partial charge < -0.3 is 10.2 Å². The van der Waals surface area contributed by atoms with Crippen LogP contribution in [0.3, 0.4) is 0 Å². The van der Waals surface area contributed by atoms with Gasteiger partial charge in [-0.15, -0.1) is 0 Å². The summed E-state index contributed by atoms with van der Waals surface area (Å²) < 4.78 is 29.5. The Morgan fingerprint density at radius 1 is 1.00 bits per heavy atom. The van der Waals surface area contributed by atoms with Crippen molar-refractivity contribution in [3.8, 4) is 0 Å². The van der Waals surface area contributed by atoms with E-state index in [2.05, 4.69) is 21.2 Å². The van der Waals surface area contributed by atoms with Crippen LogP contribution in [0.15, 0.2) is 76.1 Å². The molecule has 11 heteroatoms. The number of amides is 2. The molecule has 40 heavy (non-hydrogen) atoms. The minimum atomic E-state index is -4.16. The van der Waals surface area contributed by atoms with Gasteiger partial charge in [0.15, 0.2) is 0 Å². The average molecular weight is 669 g/mol. The molecule has 3 rings (SSSR count). The molecule has 0 saturated carbocycles. The van der Waals surface area contributed by atoms with Crippen LogP contribution in [-0.4, -0.2) is 43.3 Å². The van der Waals surface area contributed by atoms with Crippen molar-refractivity contribution in [1.82, 2.24) is 10.2 Å². The van der Waals surface area contributed by atoms with E-state index in [9.17, 15) is 18.0 Å². The number of hydrogen-bond donors (Lipinski definition) is 1. The lowest BCUT2D eigenvalue weighted by Gasteiger charge is -2.33. The Hall–Kier alpha value is -2.59. The van der Waals surface area contributed by atoms with Crippen LogP contribution in [0.5, 0.6) is 0 Å². The van der Waals surface area contributed by atoms with E-state index in [-0.39, 0.29) is 17.3 Å². The van der Waals surface area contributed by atoms with Gasteiger partial charge in [0.2, 0.25) is 11.8 Å². The largest absolute Gasteiger partial charge is 0.350 e. The molecule has 0 heterocycles. The fourth-order valence-corrected chi connectivity index (χ4v) is 6.15. The molecular formula is C29H32BrCl2N3O4S. The number of sulfonamides is 1. The van der Waals surface area contributed by atoms with Crippen molar-refractivity contribution in [3.63, 3.8) is 0 Å². The molecule has 1 atom stereocenters. The van der Waals surface area contributed by atoms with Gasteiger partial charge in [0.05, 0.1) is 10.6 Å². The van der Waals surface area contributed by atoms with E-state index in [1.807, 2.05) is 27.7 Å². The second kappa shape index (κ2) is 12.9. The SMILES string of the molecule is Cc1ccc(S(=O)(=O)N(CC(=O)N(Cc2ccc(Cl)cc2Cl)[C@H](C)C(=O)NC(C)(C)C)c2cccc(Br)c2)cc1. The number of nitrogens with one attached hydrogen (secondary N) is 1. The van der Waals surface area contributed by atoms with Crippen LogP contribution in [-0.2, 0) is 26.2 Å². The van der Waals surface area contributed by atoms with Gasteiger partial charge in [-0.1, -0.05) is 69.0 Å². The summed E-state index contributed by atoms with van der Waals surface area (Å²) in [6.45, 7) is 8.38. The van der Waals surface area contributed by atoms with Gasteiger partial charge in [0, 0.05) is 26.6 Å². The van der Waals surface area contributed by atoms with Crippen molar-refractivity contribution in [2.24, 2.45) is 0 Å². The van der Waals surface area contributed by atoms with E-state index >= 15 is 0 Å². The quantitative estimate of drug-likeness (QED) is 0.279. The molecule has 0 unspecified atom stereocenters. The molecule has 0 saturated heterocycles. The summed E-state index contributed by atoms with van der Waals surface area (Å²) >= 11 is 15.9. The van der Waals surface area contributed by atoms with Gasteiger partial charge in [0.1, 0.15) is 12.6 Å². The first kappa shape index (κ1) is 31.9. The van der Waals surface area contributed by atoms with Crippen molar-refractivity contribution in [1.29, 1.82) is 0 Å². The van der Waals surface area contributed by atoms with E-state index < -0.39 is 34.1 Å². The number of benzene rings is 3. The Labute approximate surface area is 254 Å². The Morgan fingerprint density at radius 3 is 2.23 bits per heavy atom. The molecule has 3 aromatic carbocycles. The van der Waals surface area contributed by atoms with E-state index in [1.54, 1.807) is 61.5 Å². The third kappa shape index (κ3) is 8.22. The zero-order valence-electron chi connectivity index (χ0n) is 22.9. The van der Waals surface area contributed by atoms with E-state index in [0.717, 1.165) is 9.87 Å². The molecule has 0 spiro atoms. The Kier molecular flexibility index (Phi) is 10.3. The fraction of sp³-hybridized carbons (Fsp3) is 0.310. The minimum absolute atomic E-state index is 0.0372. The first-order valence-electron chi connectivity index (χ1n) is 12.5. The summed E-state index contributed by atoms with van der Waals surface area (Å²) in [6.07, 6.45) is 0. The number of nitrogens with zero attached hydrogens (tertiary/aromatic N) is 2. The highest BCUT2D eigenvalue weighted by atomic mass is 79.9. The Morgan fingerprint density at radius 2 is 1.65 bits per heavy atom. The molecule has 0 aliphatic carbocycles. The molecular weight excluding hydrogens is 637 g/mol. The first-order valence-corrected chi connectivity index (χ1v) is 15.5. The smallest absolute Gasteiger partial charge is 0.264 e. The zero-order valence-corrected chi connectivity index (χ0v) is 26.8. The predicted octanol–water partition coefficient (Wildman–Crippen LogP) is 6.59. The number of rotatable bonds is 9. The third-order valence-corrected chi connectivity index (χ3v) is 8.87. The van der Waals surface area contributed by atoms with Gasteiger partial charge in [-0.05, 0) is 82.6 Å². The van der Waals surface area contributed by atoms with Crippen molar-refractivity contribution in [3.05, 3.63) is 92.4 Å². The van der Waals surface area contributed by atoms with E-state index in [4.69, 9.17) is 23.2 Å². The van der Waals surface area contributed by atoms with Crippen molar-refractivity contribution < 1.29 is 18.0 Å². The number of aryl methyl sites for hydroxylation is 1. The van der Waals surface area contributed by atoms with Crippen LogP contribution >= 0.6 is 39.1 Å². The van der Waals surface area contributed by atoms with Crippen LogP contribution in [0.2, 0.25) is 10.0 Å². The summed E-state index contributed by atoms with van der Waals surface area (Å²) in [4.78, 5) is 28.5. The maximum Gasteiger partial charge on any atom is 0.264 e. The molecule has 3 aromatic rings. The molecule has 0 aliphatic heterocycles. The van der Waals surface area contributed by atoms with Crippen molar-refractivity contribution in [2.45, 2.75) is 57.6 Å². The van der Waals surface area contributed by atoms with Gasteiger partial charge in [-0.3, -0.25) is 13.9 Å². The predicted molar refractivity (Wildman–Crippen MR) is 164 cm³/mol. The number of carbonyl (C=O) groups is 2. The molecule has 0 fully saturated rings. The zero-order chi connectivity index (χ0) is 29.8. The van der Waals surface area contributed by atoms with Crippen LogP contribution in [0.4, 0.5) is 5.69 Å². The van der Waals surface area contributed by atoms with Gasteiger partial charge in [0.25, 0.3) is 10.0 Å². The van der Waals surface area contributed by atoms with Gasteiger partial charge in [-0.2, -0.15) is 0 Å². The highest BCUT2D eigenvalue weighted by molar-refractivity contribution is 9.10.